The topological polar surface area (TPSA) is 171 Å². The molecule has 1 aliphatic rings. The Hall–Kier alpha value is -3.34. The summed E-state index contributed by atoms with van der Waals surface area (Å²) in [6.07, 6.45) is 0.635. The zero-order valence-corrected chi connectivity index (χ0v) is 18.8. The van der Waals surface area contributed by atoms with Gasteiger partial charge in [-0.25, -0.2) is 4.99 Å². The van der Waals surface area contributed by atoms with E-state index in [-0.39, 0.29) is 43.9 Å². The first kappa shape index (κ1) is 26.7. The maximum atomic E-state index is 12.8. The van der Waals surface area contributed by atoms with Gasteiger partial charge in [0.05, 0.1) is 12.2 Å². The predicted molar refractivity (Wildman–Crippen MR) is 121 cm³/mol. The fourth-order valence-corrected chi connectivity index (χ4v) is 3.37. The molecule has 1 fully saturated rings. The van der Waals surface area contributed by atoms with Crippen LogP contribution in [0.15, 0.2) is 29.3 Å². The van der Waals surface area contributed by atoms with Gasteiger partial charge in [0, 0.05) is 18.7 Å². The van der Waals surface area contributed by atoms with Crippen LogP contribution in [0.5, 0.6) is 0 Å². The zero-order valence-electron chi connectivity index (χ0n) is 18.0. The molecule has 0 bridgehead atoms. The van der Waals surface area contributed by atoms with Crippen LogP contribution in [0.25, 0.3) is 0 Å². The van der Waals surface area contributed by atoms with Crippen LogP contribution >= 0.6 is 12.4 Å². The first-order valence-electron chi connectivity index (χ1n) is 9.92. The van der Waals surface area contributed by atoms with Crippen molar-refractivity contribution in [2.75, 3.05) is 26.2 Å². The third kappa shape index (κ3) is 6.84. The lowest BCUT2D eigenvalue weighted by molar-refractivity contribution is -0.157. The molecule has 1 heterocycles. The number of amides is 3. The Bertz CT molecular complexity index is 872. The van der Waals surface area contributed by atoms with Gasteiger partial charge in [0.2, 0.25) is 11.8 Å². The van der Waals surface area contributed by atoms with Crippen molar-refractivity contribution in [1.29, 1.82) is 0 Å². The summed E-state index contributed by atoms with van der Waals surface area (Å²) in [5, 5.41) is 11.6. The quantitative estimate of drug-likeness (QED) is 0.305. The number of nitrogens with zero attached hydrogens (tertiary/aromatic N) is 3. The number of carboxylic acids is 1. The average Bonchev–Trinajstić information content (AvgIpc) is 2.72. The molecule has 1 aromatic rings. The molecule has 32 heavy (non-hydrogen) atoms. The number of halogens is 1. The van der Waals surface area contributed by atoms with E-state index in [2.05, 4.69) is 10.3 Å². The number of carbonyl (C=O) groups is 4. The molecule has 1 aromatic carbocycles. The monoisotopic (exact) mass is 468 g/mol. The lowest BCUT2D eigenvalue weighted by Crippen LogP contribution is -2.62. The Labute approximate surface area is 192 Å². The molecule has 176 valence electrons. The second kappa shape index (κ2) is 11.9. The SMILES string of the molecule is CCC(C)[C@H]1C(=O)N(CC(=O)O)CCN1C(=O)CNC(=O)c1ccc(N=C(N)N)cc1.Cl. The molecule has 0 spiro atoms. The molecule has 12 heteroatoms. The van der Waals surface area contributed by atoms with Gasteiger partial charge in [-0.3, -0.25) is 19.2 Å². The number of hydrogen-bond donors (Lipinski definition) is 4. The minimum atomic E-state index is -1.10. The van der Waals surface area contributed by atoms with E-state index in [4.69, 9.17) is 16.6 Å². The number of aliphatic imine (C=N–C) groups is 1. The van der Waals surface area contributed by atoms with Crippen LogP contribution in [-0.2, 0) is 14.4 Å². The number of rotatable bonds is 8. The second-order valence-corrected chi connectivity index (χ2v) is 7.34. The Balaban J connectivity index is 0.00000512. The fraction of sp³-hybridized carbons (Fsp3) is 0.450. The number of guanidine groups is 1. The molecular formula is C20H29ClN6O5. The summed E-state index contributed by atoms with van der Waals surface area (Å²) < 4.78 is 0. The molecule has 0 aliphatic carbocycles. The first-order valence-corrected chi connectivity index (χ1v) is 9.92. The highest BCUT2D eigenvalue weighted by atomic mass is 35.5. The molecule has 0 aromatic heterocycles. The number of nitrogens with one attached hydrogen (secondary N) is 1. The smallest absolute Gasteiger partial charge is 0.323 e. The van der Waals surface area contributed by atoms with Gasteiger partial charge in [0.15, 0.2) is 5.96 Å². The average molecular weight is 469 g/mol. The van der Waals surface area contributed by atoms with Gasteiger partial charge >= 0.3 is 5.97 Å². The number of nitrogens with two attached hydrogens (primary N) is 2. The molecule has 0 radical (unpaired) electrons. The largest absolute Gasteiger partial charge is 0.480 e. The summed E-state index contributed by atoms with van der Waals surface area (Å²) in [5.74, 6) is -2.62. The summed E-state index contributed by atoms with van der Waals surface area (Å²) in [6, 6.07) is 5.42. The second-order valence-electron chi connectivity index (χ2n) is 7.34. The summed E-state index contributed by atoms with van der Waals surface area (Å²) in [5.41, 5.74) is 11.4. The van der Waals surface area contributed by atoms with Gasteiger partial charge in [0.1, 0.15) is 12.6 Å². The van der Waals surface area contributed by atoms with Crippen molar-refractivity contribution in [2.45, 2.75) is 26.3 Å². The third-order valence-electron chi connectivity index (χ3n) is 5.13. The molecule has 0 saturated carbocycles. The standard InChI is InChI=1S/C20H28N6O5.ClH/c1-3-12(2)17-19(31)25(11-16(28)29)8-9-26(17)15(27)10-23-18(30)13-4-6-14(7-5-13)24-20(21)22;/h4-7,12,17H,3,8-11H2,1-2H3,(H,23,30)(H,28,29)(H4,21,22,24);1H/t12?,17-;/m0./s1. The highest BCUT2D eigenvalue weighted by Gasteiger charge is 2.40. The minimum Gasteiger partial charge on any atom is -0.480 e. The van der Waals surface area contributed by atoms with E-state index in [1.54, 1.807) is 12.1 Å². The van der Waals surface area contributed by atoms with E-state index in [1.807, 2.05) is 13.8 Å². The minimum absolute atomic E-state index is 0. The number of aliphatic carboxylic acids is 1. The molecule has 2 atom stereocenters. The van der Waals surface area contributed by atoms with Crippen LogP contribution in [0.3, 0.4) is 0 Å². The predicted octanol–water partition coefficient (Wildman–Crippen LogP) is -0.0868. The van der Waals surface area contributed by atoms with Crippen molar-refractivity contribution in [3.05, 3.63) is 29.8 Å². The Morgan fingerprint density at radius 1 is 1.22 bits per heavy atom. The molecule has 1 unspecified atom stereocenters. The highest BCUT2D eigenvalue weighted by Crippen LogP contribution is 2.21. The summed E-state index contributed by atoms with van der Waals surface area (Å²) in [4.78, 5) is 55.5. The van der Waals surface area contributed by atoms with Crippen molar-refractivity contribution in [3.8, 4) is 0 Å². The van der Waals surface area contributed by atoms with Crippen LogP contribution < -0.4 is 16.8 Å². The number of carboxylic acid groups (broad SMARTS) is 1. The van der Waals surface area contributed by atoms with Gasteiger partial charge in [0.25, 0.3) is 5.91 Å². The van der Waals surface area contributed by atoms with Gasteiger partial charge in [-0.05, 0) is 30.2 Å². The molecule has 2 rings (SSSR count). The van der Waals surface area contributed by atoms with Crippen molar-refractivity contribution < 1.29 is 24.3 Å². The molecule has 1 saturated heterocycles. The summed E-state index contributed by atoms with van der Waals surface area (Å²) in [7, 11) is 0. The summed E-state index contributed by atoms with van der Waals surface area (Å²) >= 11 is 0. The van der Waals surface area contributed by atoms with Crippen molar-refractivity contribution in [3.63, 3.8) is 0 Å². The number of carbonyl (C=O) groups excluding carboxylic acids is 3. The Morgan fingerprint density at radius 3 is 2.38 bits per heavy atom. The van der Waals surface area contributed by atoms with Crippen molar-refractivity contribution >= 4 is 47.7 Å². The Morgan fingerprint density at radius 2 is 1.84 bits per heavy atom. The van der Waals surface area contributed by atoms with E-state index in [0.717, 1.165) is 0 Å². The molecule has 1 aliphatic heterocycles. The lowest BCUT2D eigenvalue weighted by atomic mass is 9.94. The lowest BCUT2D eigenvalue weighted by Gasteiger charge is -2.42. The van der Waals surface area contributed by atoms with Gasteiger partial charge in [-0.2, -0.15) is 0 Å². The maximum Gasteiger partial charge on any atom is 0.323 e. The number of benzene rings is 1. The van der Waals surface area contributed by atoms with Crippen LogP contribution in [0.4, 0.5) is 5.69 Å². The molecular weight excluding hydrogens is 440 g/mol. The van der Waals surface area contributed by atoms with Crippen LogP contribution in [0.2, 0.25) is 0 Å². The number of hydrogen-bond acceptors (Lipinski definition) is 5. The third-order valence-corrected chi connectivity index (χ3v) is 5.13. The Kier molecular flexibility index (Phi) is 9.92. The molecule has 3 amide bonds. The number of piperazine rings is 1. The summed E-state index contributed by atoms with van der Waals surface area (Å²) in [6.45, 7) is 3.38. The van der Waals surface area contributed by atoms with E-state index >= 15 is 0 Å². The maximum absolute atomic E-state index is 12.8. The first-order chi connectivity index (χ1) is 14.6. The van der Waals surface area contributed by atoms with E-state index < -0.39 is 36.3 Å². The van der Waals surface area contributed by atoms with Gasteiger partial charge < -0.3 is 31.7 Å². The van der Waals surface area contributed by atoms with Crippen LogP contribution in [-0.4, -0.2) is 76.8 Å². The molecule has 11 nitrogen and oxygen atoms in total. The van der Waals surface area contributed by atoms with Crippen LogP contribution in [0, 0.1) is 5.92 Å². The van der Waals surface area contributed by atoms with Crippen LogP contribution in [0.1, 0.15) is 30.6 Å². The molecule has 6 N–H and O–H groups in total. The van der Waals surface area contributed by atoms with E-state index in [0.29, 0.717) is 17.7 Å². The van der Waals surface area contributed by atoms with E-state index in [1.165, 1.54) is 21.9 Å². The zero-order chi connectivity index (χ0) is 23.1. The van der Waals surface area contributed by atoms with Crippen molar-refractivity contribution in [2.24, 2.45) is 22.4 Å². The van der Waals surface area contributed by atoms with Crippen molar-refractivity contribution in [1.82, 2.24) is 15.1 Å². The van der Waals surface area contributed by atoms with Gasteiger partial charge in [-0.15, -0.1) is 12.4 Å². The normalized spacial score (nSPS) is 16.6. The highest BCUT2D eigenvalue weighted by molar-refractivity contribution is 5.98. The fourth-order valence-electron chi connectivity index (χ4n) is 3.37. The van der Waals surface area contributed by atoms with E-state index in [9.17, 15) is 19.2 Å². The van der Waals surface area contributed by atoms with Gasteiger partial charge in [-0.1, -0.05) is 20.3 Å².